The van der Waals surface area contributed by atoms with E-state index in [4.69, 9.17) is 9.47 Å². The molecule has 0 atom stereocenters. The highest BCUT2D eigenvalue weighted by atomic mass is 79.9. The first-order chi connectivity index (χ1) is 20.9. The molecule has 0 saturated heterocycles. The first-order valence-corrected chi connectivity index (χ1v) is 16.7. The third kappa shape index (κ3) is 6.47. The van der Waals surface area contributed by atoms with Crippen molar-refractivity contribution in [2.24, 2.45) is 10.8 Å². The summed E-state index contributed by atoms with van der Waals surface area (Å²) in [6.45, 7) is 18.5. The van der Waals surface area contributed by atoms with Crippen molar-refractivity contribution in [2.75, 3.05) is 13.2 Å². The van der Waals surface area contributed by atoms with Crippen molar-refractivity contribution in [1.82, 2.24) is 4.90 Å². The highest BCUT2D eigenvalue weighted by Gasteiger charge is 2.49. The van der Waals surface area contributed by atoms with E-state index in [1.807, 2.05) is 43.3 Å². The standard InChI is InChI=1S/C38H46BrNO4/c1-8-11-25-17-26(18-32(43-10-3)36(25)44-23-24-12-14-27(39)15-13-24)33-34-28(19-37(4,5)21-30(34)41)40(16-9-2)29-20-38(6,7)22-31(42)35(29)33/h8,12-15,17-18,33H,1,9-11,16,19-23H2,2-7H3. The van der Waals surface area contributed by atoms with E-state index in [1.165, 1.54) is 0 Å². The van der Waals surface area contributed by atoms with E-state index in [0.29, 0.717) is 44.0 Å². The van der Waals surface area contributed by atoms with E-state index in [2.05, 4.69) is 68.1 Å². The molecule has 5 nitrogen and oxygen atoms in total. The fourth-order valence-corrected chi connectivity index (χ4v) is 7.46. The number of ketones is 2. The Kier molecular flexibility index (Phi) is 9.32. The fourth-order valence-electron chi connectivity index (χ4n) is 7.19. The maximum atomic E-state index is 14.2. The minimum absolute atomic E-state index is 0.144. The van der Waals surface area contributed by atoms with Crippen LogP contribution in [0.5, 0.6) is 11.5 Å². The van der Waals surface area contributed by atoms with Crippen LogP contribution >= 0.6 is 15.9 Å². The highest BCUT2D eigenvalue weighted by Crippen LogP contribution is 2.55. The molecule has 44 heavy (non-hydrogen) atoms. The molecule has 0 saturated carbocycles. The molecule has 2 aliphatic carbocycles. The minimum Gasteiger partial charge on any atom is -0.490 e. The molecule has 6 heteroatoms. The lowest BCUT2D eigenvalue weighted by atomic mass is 9.63. The molecule has 0 amide bonds. The molecule has 0 unspecified atom stereocenters. The van der Waals surface area contributed by atoms with Crippen molar-refractivity contribution in [2.45, 2.75) is 92.6 Å². The largest absolute Gasteiger partial charge is 0.490 e. The highest BCUT2D eigenvalue weighted by molar-refractivity contribution is 9.10. The summed E-state index contributed by atoms with van der Waals surface area (Å²) in [5.41, 5.74) is 6.39. The van der Waals surface area contributed by atoms with Crippen LogP contribution in [0.4, 0.5) is 0 Å². The molecule has 2 aromatic carbocycles. The smallest absolute Gasteiger partial charge is 0.165 e. The molecule has 0 radical (unpaired) electrons. The number of halogens is 1. The molecular weight excluding hydrogens is 614 g/mol. The molecule has 5 rings (SSSR count). The van der Waals surface area contributed by atoms with Gasteiger partial charge in [0.05, 0.1) is 6.61 Å². The molecule has 2 aromatic rings. The Balaban J connectivity index is 1.71. The van der Waals surface area contributed by atoms with E-state index >= 15 is 0 Å². The topological polar surface area (TPSA) is 55.8 Å². The number of hydrogen-bond acceptors (Lipinski definition) is 5. The number of benzene rings is 2. The number of allylic oxidation sites excluding steroid dienone is 5. The minimum atomic E-state index is -0.427. The zero-order valence-corrected chi connectivity index (χ0v) is 28.7. The van der Waals surface area contributed by atoms with Crippen molar-refractivity contribution < 1.29 is 19.1 Å². The zero-order chi connectivity index (χ0) is 31.8. The summed E-state index contributed by atoms with van der Waals surface area (Å²) < 4.78 is 13.7. The average molecular weight is 661 g/mol. The van der Waals surface area contributed by atoms with Gasteiger partial charge in [-0.1, -0.05) is 74.8 Å². The summed E-state index contributed by atoms with van der Waals surface area (Å²) >= 11 is 3.50. The second-order valence-corrected chi connectivity index (χ2v) is 15.0. The van der Waals surface area contributed by atoms with Crippen LogP contribution < -0.4 is 9.47 Å². The summed E-state index contributed by atoms with van der Waals surface area (Å²) in [4.78, 5) is 30.7. The van der Waals surface area contributed by atoms with Crippen molar-refractivity contribution >= 4 is 27.5 Å². The van der Waals surface area contributed by atoms with Gasteiger partial charge in [0.2, 0.25) is 0 Å². The van der Waals surface area contributed by atoms with Crippen molar-refractivity contribution in [3.05, 3.63) is 92.8 Å². The first-order valence-electron chi connectivity index (χ1n) is 16.0. The monoisotopic (exact) mass is 659 g/mol. The predicted octanol–water partition coefficient (Wildman–Crippen LogP) is 9.25. The number of carbonyl (C=O) groups excluding carboxylic acids is 2. The van der Waals surface area contributed by atoms with Gasteiger partial charge in [-0.05, 0) is 72.8 Å². The van der Waals surface area contributed by atoms with Crippen LogP contribution in [0, 0.1) is 10.8 Å². The Labute approximate surface area is 271 Å². The molecule has 234 valence electrons. The van der Waals surface area contributed by atoms with Crippen LogP contribution in [-0.4, -0.2) is 29.6 Å². The van der Waals surface area contributed by atoms with E-state index in [9.17, 15) is 9.59 Å². The Morgan fingerprint density at radius 1 is 0.909 bits per heavy atom. The van der Waals surface area contributed by atoms with Gasteiger partial charge in [0, 0.05) is 57.9 Å². The molecule has 1 heterocycles. The Morgan fingerprint density at radius 2 is 1.50 bits per heavy atom. The quantitative estimate of drug-likeness (QED) is 0.238. The third-order valence-electron chi connectivity index (χ3n) is 8.92. The van der Waals surface area contributed by atoms with Gasteiger partial charge in [-0.15, -0.1) is 6.58 Å². The van der Waals surface area contributed by atoms with Crippen LogP contribution in [0.3, 0.4) is 0 Å². The van der Waals surface area contributed by atoms with Crippen LogP contribution in [0.25, 0.3) is 0 Å². The molecule has 1 aliphatic heterocycles. The second kappa shape index (κ2) is 12.7. The lowest BCUT2D eigenvalue weighted by Crippen LogP contribution is -2.44. The van der Waals surface area contributed by atoms with Gasteiger partial charge < -0.3 is 14.4 Å². The number of ether oxygens (including phenoxy) is 2. The van der Waals surface area contributed by atoms with Gasteiger partial charge in [0.25, 0.3) is 0 Å². The van der Waals surface area contributed by atoms with Crippen LogP contribution in [-0.2, 0) is 22.6 Å². The van der Waals surface area contributed by atoms with Gasteiger partial charge in [0.15, 0.2) is 23.1 Å². The first kappa shape index (κ1) is 32.3. The van der Waals surface area contributed by atoms with E-state index in [-0.39, 0.29) is 22.4 Å². The molecule has 0 spiro atoms. The van der Waals surface area contributed by atoms with Gasteiger partial charge in [-0.25, -0.2) is 0 Å². The number of Topliss-reactive ketones (excluding diaryl/α,β-unsaturated/α-hetero) is 2. The molecule has 0 fully saturated rings. The fraction of sp³-hybridized carbons (Fsp3) is 0.474. The summed E-state index contributed by atoms with van der Waals surface area (Å²) in [5.74, 6) is 1.17. The number of rotatable bonds is 10. The van der Waals surface area contributed by atoms with Crippen LogP contribution in [0.1, 0.15) is 96.3 Å². The Hall–Kier alpha value is -3.12. The predicted molar refractivity (Wildman–Crippen MR) is 180 cm³/mol. The van der Waals surface area contributed by atoms with Gasteiger partial charge in [0.1, 0.15) is 6.61 Å². The summed E-state index contributed by atoms with van der Waals surface area (Å²) in [5, 5.41) is 0. The maximum Gasteiger partial charge on any atom is 0.165 e. The van der Waals surface area contributed by atoms with Crippen molar-refractivity contribution in [3.63, 3.8) is 0 Å². The molecule has 0 bridgehead atoms. The van der Waals surface area contributed by atoms with Crippen molar-refractivity contribution in [1.29, 1.82) is 0 Å². The summed E-state index contributed by atoms with van der Waals surface area (Å²) in [6, 6.07) is 12.2. The number of hydrogen-bond donors (Lipinski definition) is 0. The van der Waals surface area contributed by atoms with E-state index < -0.39 is 5.92 Å². The van der Waals surface area contributed by atoms with Crippen LogP contribution in [0.2, 0.25) is 0 Å². The van der Waals surface area contributed by atoms with Gasteiger partial charge in [-0.2, -0.15) is 0 Å². The van der Waals surface area contributed by atoms with Crippen LogP contribution in [0.15, 0.2) is 76.1 Å². The number of nitrogens with zero attached hydrogens (tertiary/aromatic N) is 1. The third-order valence-corrected chi connectivity index (χ3v) is 9.45. The second-order valence-electron chi connectivity index (χ2n) is 14.0. The summed E-state index contributed by atoms with van der Waals surface area (Å²) in [6.07, 6.45) is 5.92. The molecule has 0 N–H and O–H groups in total. The van der Waals surface area contributed by atoms with E-state index in [0.717, 1.165) is 69.5 Å². The average Bonchev–Trinajstić information content (AvgIpc) is 2.93. The van der Waals surface area contributed by atoms with Gasteiger partial charge in [-0.3, -0.25) is 9.59 Å². The molecule has 0 aromatic heterocycles. The molecular formula is C38H46BrNO4. The lowest BCUT2D eigenvalue weighted by Gasteiger charge is -2.49. The number of carbonyl (C=O) groups is 2. The van der Waals surface area contributed by atoms with Gasteiger partial charge >= 0.3 is 0 Å². The lowest BCUT2D eigenvalue weighted by molar-refractivity contribution is -0.119. The molecule has 3 aliphatic rings. The normalized spacial score (nSPS) is 19.6. The van der Waals surface area contributed by atoms with E-state index in [1.54, 1.807) is 0 Å². The maximum absolute atomic E-state index is 14.2. The van der Waals surface area contributed by atoms with Crippen molar-refractivity contribution in [3.8, 4) is 11.5 Å². The Morgan fingerprint density at radius 3 is 2.02 bits per heavy atom. The SMILES string of the molecule is C=CCc1cc(C2C3=C(CC(C)(C)CC3=O)N(CCC)C3=C2C(=O)CC(C)(C)C3)cc(OCC)c1OCc1ccc(Br)cc1. The zero-order valence-electron chi connectivity index (χ0n) is 27.1. The summed E-state index contributed by atoms with van der Waals surface area (Å²) in [7, 11) is 0. The Bertz CT molecular complexity index is 1470.